The predicted octanol–water partition coefficient (Wildman–Crippen LogP) is 6.33. The first-order valence-electron chi connectivity index (χ1n) is 10.9. The van der Waals surface area contributed by atoms with Gasteiger partial charge < -0.3 is 18.6 Å². The summed E-state index contributed by atoms with van der Waals surface area (Å²) in [5.41, 5.74) is 3.64. The number of hydrogen-bond donors (Lipinski definition) is 0. The highest BCUT2D eigenvalue weighted by molar-refractivity contribution is 6.30. The van der Waals surface area contributed by atoms with Gasteiger partial charge in [0.15, 0.2) is 11.5 Å². The fraction of sp³-hybridized carbons (Fsp3) is 0.222. The first kappa shape index (κ1) is 21.4. The van der Waals surface area contributed by atoms with Crippen LogP contribution < -0.4 is 19.6 Å². The molecule has 4 aromatic rings. The summed E-state index contributed by atoms with van der Waals surface area (Å²) in [5, 5.41) is 1.21. The molecule has 0 atom stereocenters. The van der Waals surface area contributed by atoms with Gasteiger partial charge in [0.1, 0.15) is 36.9 Å². The maximum atomic E-state index is 13.5. The summed E-state index contributed by atoms with van der Waals surface area (Å²) >= 11 is 5.97. The van der Waals surface area contributed by atoms with Gasteiger partial charge in [0.05, 0.1) is 10.9 Å². The van der Waals surface area contributed by atoms with Crippen molar-refractivity contribution in [2.24, 2.45) is 0 Å². The molecular formula is C27H23ClO5. The van der Waals surface area contributed by atoms with Crippen LogP contribution in [0.3, 0.4) is 0 Å². The number of fused-ring (bicyclic) bond motifs is 2. The van der Waals surface area contributed by atoms with Crippen LogP contribution in [0.15, 0.2) is 63.8 Å². The Hall–Kier alpha value is -3.44. The van der Waals surface area contributed by atoms with E-state index in [9.17, 15) is 4.79 Å². The van der Waals surface area contributed by atoms with Crippen molar-refractivity contribution in [1.29, 1.82) is 0 Å². The Morgan fingerprint density at radius 1 is 0.970 bits per heavy atom. The molecule has 0 saturated heterocycles. The molecular weight excluding hydrogens is 440 g/mol. The van der Waals surface area contributed by atoms with E-state index >= 15 is 0 Å². The molecule has 0 fully saturated rings. The van der Waals surface area contributed by atoms with Crippen LogP contribution in [0.4, 0.5) is 0 Å². The van der Waals surface area contributed by atoms with E-state index in [-0.39, 0.29) is 5.43 Å². The monoisotopic (exact) mass is 462 g/mol. The number of rotatable bonds is 5. The fourth-order valence-corrected chi connectivity index (χ4v) is 4.19. The summed E-state index contributed by atoms with van der Waals surface area (Å²) in [7, 11) is 0. The highest BCUT2D eigenvalue weighted by atomic mass is 35.5. The first-order valence-corrected chi connectivity index (χ1v) is 11.3. The van der Waals surface area contributed by atoms with Crippen molar-refractivity contribution in [3.05, 3.63) is 86.7 Å². The smallest absolute Gasteiger partial charge is 0.200 e. The van der Waals surface area contributed by atoms with Gasteiger partial charge in [-0.15, -0.1) is 0 Å². The van der Waals surface area contributed by atoms with E-state index in [1.807, 2.05) is 61.5 Å². The molecule has 0 spiro atoms. The molecule has 6 heteroatoms. The molecule has 0 radical (unpaired) electrons. The molecule has 1 aromatic heterocycles. The van der Waals surface area contributed by atoms with E-state index in [1.54, 1.807) is 6.92 Å². The van der Waals surface area contributed by atoms with Crippen LogP contribution in [0.5, 0.6) is 17.2 Å². The zero-order chi connectivity index (χ0) is 22.9. The van der Waals surface area contributed by atoms with Gasteiger partial charge in [-0.1, -0.05) is 36.7 Å². The normalized spacial score (nSPS) is 12.7. The van der Waals surface area contributed by atoms with Crippen molar-refractivity contribution in [2.45, 2.75) is 26.9 Å². The lowest BCUT2D eigenvalue weighted by Gasteiger charge is -2.19. The Morgan fingerprint density at radius 2 is 1.73 bits per heavy atom. The van der Waals surface area contributed by atoms with E-state index < -0.39 is 0 Å². The maximum Gasteiger partial charge on any atom is 0.200 e. The summed E-state index contributed by atoms with van der Waals surface area (Å²) in [4.78, 5) is 13.5. The van der Waals surface area contributed by atoms with Gasteiger partial charge >= 0.3 is 0 Å². The van der Waals surface area contributed by atoms with Crippen molar-refractivity contribution in [1.82, 2.24) is 0 Å². The average Bonchev–Trinajstić information content (AvgIpc) is 2.83. The van der Waals surface area contributed by atoms with E-state index in [2.05, 4.69) is 0 Å². The van der Waals surface area contributed by atoms with Gasteiger partial charge in [-0.3, -0.25) is 4.79 Å². The van der Waals surface area contributed by atoms with Gasteiger partial charge in [-0.25, -0.2) is 0 Å². The molecule has 0 bridgehead atoms. The summed E-state index contributed by atoms with van der Waals surface area (Å²) in [6, 6.07) is 16.8. The fourth-order valence-electron chi connectivity index (χ4n) is 4.06. The second kappa shape index (κ2) is 8.83. The second-order valence-electron chi connectivity index (χ2n) is 7.95. The molecule has 0 amide bonds. The lowest BCUT2D eigenvalue weighted by atomic mass is 10.00. The highest BCUT2D eigenvalue weighted by Crippen LogP contribution is 2.36. The van der Waals surface area contributed by atoms with Gasteiger partial charge in [0.25, 0.3) is 0 Å². The number of benzene rings is 3. The van der Waals surface area contributed by atoms with E-state index in [1.165, 1.54) is 0 Å². The van der Waals surface area contributed by atoms with Crippen LogP contribution in [-0.2, 0) is 13.0 Å². The predicted molar refractivity (Wildman–Crippen MR) is 129 cm³/mol. The van der Waals surface area contributed by atoms with Crippen molar-refractivity contribution in [3.8, 4) is 28.4 Å². The van der Waals surface area contributed by atoms with Crippen LogP contribution in [0.2, 0.25) is 5.02 Å². The van der Waals surface area contributed by atoms with E-state index in [0.29, 0.717) is 64.4 Å². The minimum Gasteiger partial charge on any atom is -0.488 e. The van der Waals surface area contributed by atoms with Crippen LogP contribution >= 0.6 is 11.6 Å². The minimum atomic E-state index is -0.0793. The Bertz CT molecular complexity index is 1390. The average molecular weight is 463 g/mol. The molecule has 5 nitrogen and oxygen atoms in total. The molecule has 0 aliphatic carbocycles. The molecule has 0 N–H and O–H groups in total. The molecule has 3 aromatic carbocycles. The third-order valence-electron chi connectivity index (χ3n) is 5.77. The summed E-state index contributed by atoms with van der Waals surface area (Å²) in [6.45, 7) is 5.24. The third kappa shape index (κ3) is 4.16. The largest absolute Gasteiger partial charge is 0.488 e. The van der Waals surface area contributed by atoms with Crippen molar-refractivity contribution in [3.63, 3.8) is 0 Å². The zero-order valence-electron chi connectivity index (χ0n) is 18.4. The Labute approximate surface area is 196 Å². The minimum absolute atomic E-state index is 0.0793. The maximum absolute atomic E-state index is 13.5. The van der Waals surface area contributed by atoms with Crippen LogP contribution in [0.1, 0.15) is 23.8 Å². The number of hydrogen-bond acceptors (Lipinski definition) is 5. The Balaban J connectivity index is 1.54. The second-order valence-corrected chi connectivity index (χ2v) is 8.38. The van der Waals surface area contributed by atoms with Crippen molar-refractivity contribution < 1.29 is 18.6 Å². The van der Waals surface area contributed by atoms with E-state index in [4.69, 9.17) is 30.2 Å². The lowest BCUT2D eigenvalue weighted by molar-refractivity contribution is 0.171. The summed E-state index contributed by atoms with van der Waals surface area (Å²) < 4.78 is 23.5. The number of aryl methyl sites for hydroxylation is 2. The van der Waals surface area contributed by atoms with E-state index in [0.717, 1.165) is 23.1 Å². The summed E-state index contributed by atoms with van der Waals surface area (Å²) in [5.74, 6) is 2.56. The van der Waals surface area contributed by atoms with Crippen LogP contribution in [-0.4, -0.2) is 13.2 Å². The number of halogens is 1. The molecule has 2 heterocycles. The van der Waals surface area contributed by atoms with Crippen LogP contribution in [0.25, 0.3) is 22.1 Å². The molecule has 0 unspecified atom stereocenters. The van der Waals surface area contributed by atoms with Gasteiger partial charge in [-0.05, 0) is 60.4 Å². The van der Waals surface area contributed by atoms with Crippen molar-refractivity contribution >= 4 is 22.6 Å². The molecule has 33 heavy (non-hydrogen) atoms. The number of ether oxygens (including phenoxy) is 3. The molecule has 0 saturated carbocycles. The molecule has 1 aliphatic rings. The Morgan fingerprint density at radius 3 is 2.48 bits per heavy atom. The summed E-state index contributed by atoms with van der Waals surface area (Å²) in [6.07, 6.45) is 0.721. The quantitative estimate of drug-likeness (QED) is 0.346. The standard InChI is InChI=1S/C27H23ClO5/c1-3-18-12-21-24(14-23(18)32-15-17-4-7-20(28)8-5-17)33-16(2)26(27(21)29)19-6-9-22-25(13-19)31-11-10-30-22/h4-9,12-14H,3,10-11,15H2,1-2H3. The van der Waals surface area contributed by atoms with Gasteiger partial charge in [0, 0.05) is 11.1 Å². The van der Waals surface area contributed by atoms with Gasteiger partial charge in [0.2, 0.25) is 5.43 Å². The first-order chi connectivity index (χ1) is 16.0. The topological polar surface area (TPSA) is 57.9 Å². The molecule has 168 valence electrons. The third-order valence-corrected chi connectivity index (χ3v) is 6.02. The van der Waals surface area contributed by atoms with Gasteiger partial charge in [-0.2, -0.15) is 0 Å². The van der Waals surface area contributed by atoms with Crippen molar-refractivity contribution in [2.75, 3.05) is 13.2 Å². The lowest BCUT2D eigenvalue weighted by Crippen LogP contribution is -2.15. The molecule has 1 aliphatic heterocycles. The molecule has 5 rings (SSSR count). The SMILES string of the molecule is CCc1cc2c(=O)c(-c3ccc4c(c3)OCCO4)c(C)oc2cc1OCc1ccc(Cl)cc1. The Kier molecular flexibility index (Phi) is 5.73. The zero-order valence-corrected chi connectivity index (χ0v) is 19.2. The van der Waals surface area contributed by atoms with Crippen LogP contribution in [0, 0.1) is 6.92 Å². The highest BCUT2D eigenvalue weighted by Gasteiger charge is 2.19.